The van der Waals surface area contributed by atoms with E-state index in [0.29, 0.717) is 4.57 Å². The van der Waals surface area contributed by atoms with Crippen molar-refractivity contribution in [2.45, 2.75) is 19.1 Å². The summed E-state index contributed by atoms with van der Waals surface area (Å²) in [5.74, 6) is -3.60. The molecular weight excluding hydrogens is 434 g/mol. The molecule has 0 spiro atoms. The Hall–Kier alpha value is -2.78. The van der Waals surface area contributed by atoms with Crippen LogP contribution in [0.2, 0.25) is 10.0 Å². The van der Waals surface area contributed by atoms with E-state index in [2.05, 4.69) is 10.3 Å². The van der Waals surface area contributed by atoms with Gasteiger partial charge in [0.2, 0.25) is 5.82 Å². The molecule has 1 atom stereocenters. The number of amides is 1. The van der Waals surface area contributed by atoms with E-state index in [9.17, 15) is 27.9 Å². The Morgan fingerprint density at radius 2 is 1.72 bits per heavy atom. The van der Waals surface area contributed by atoms with Crippen LogP contribution in [0.1, 0.15) is 29.1 Å². The summed E-state index contributed by atoms with van der Waals surface area (Å²) >= 11 is 12.0. The molecule has 1 amide bonds. The number of rotatable bonds is 4. The minimum Gasteiger partial charge on any atom is -0.480 e. The van der Waals surface area contributed by atoms with Crippen molar-refractivity contribution in [1.29, 1.82) is 0 Å². The van der Waals surface area contributed by atoms with Crippen LogP contribution in [0.25, 0.3) is 11.0 Å². The lowest BCUT2D eigenvalue weighted by molar-refractivity contribution is -0.150. The van der Waals surface area contributed by atoms with Crippen molar-refractivity contribution >= 4 is 51.8 Å². The van der Waals surface area contributed by atoms with Gasteiger partial charge in [-0.2, -0.15) is 13.2 Å². The van der Waals surface area contributed by atoms with Crippen LogP contribution >= 0.6 is 23.2 Å². The standard InChI is InChI=1S/C18H12Cl2F3N3O3/c1-8(16(28)29)26-12-7-3-6-11(14(12)25-17(26)18(21,22)23)24-15(27)13-9(19)4-2-5-10(13)20/h2-8H,1H3,(H,24,27)(H,28,29). The lowest BCUT2D eigenvalue weighted by atomic mass is 10.2. The molecule has 0 bridgehead atoms. The fourth-order valence-corrected chi connectivity index (χ4v) is 3.39. The molecule has 0 saturated carbocycles. The Balaban J connectivity index is 2.16. The zero-order valence-corrected chi connectivity index (χ0v) is 16.1. The van der Waals surface area contributed by atoms with E-state index in [1.54, 1.807) is 0 Å². The van der Waals surface area contributed by atoms with Crippen molar-refractivity contribution in [2.24, 2.45) is 0 Å². The van der Waals surface area contributed by atoms with Gasteiger partial charge in [0, 0.05) is 0 Å². The van der Waals surface area contributed by atoms with Gasteiger partial charge < -0.3 is 15.0 Å². The fraction of sp³-hybridized carbons (Fsp3) is 0.167. The number of hydrogen-bond donors (Lipinski definition) is 2. The van der Waals surface area contributed by atoms with Gasteiger partial charge in [-0.25, -0.2) is 9.78 Å². The van der Waals surface area contributed by atoms with Crippen molar-refractivity contribution in [3.63, 3.8) is 0 Å². The van der Waals surface area contributed by atoms with Crippen LogP contribution in [0.5, 0.6) is 0 Å². The topological polar surface area (TPSA) is 84.2 Å². The van der Waals surface area contributed by atoms with Gasteiger partial charge in [-0.15, -0.1) is 0 Å². The average molecular weight is 446 g/mol. The summed E-state index contributed by atoms with van der Waals surface area (Å²) in [4.78, 5) is 27.5. The number of anilines is 1. The molecule has 11 heteroatoms. The minimum absolute atomic E-state index is 0.0506. The molecule has 1 heterocycles. The summed E-state index contributed by atoms with van der Waals surface area (Å²) in [5, 5.41) is 11.8. The molecular formula is C18H12Cl2F3N3O3. The number of hydrogen-bond acceptors (Lipinski definition) is 3. The molecule has 152 valence electrons. The number of para-hydroxylation sites is 1. The van der Waals surface area contributed by atoms with E-state index in [4.69, 9.17) is 23.2 Å². The Bertz CT molecular complexity index is 1110. The van der Waals surface area contributed by atoms with Crippen molar-refractivity contribution in [3.05, 3.63) is 57.8 Å². The normalized spacial score (nSPS) is 12.8. The monoisotopic (exact) mass is 445 g/mol. The van der Waals surface area contributed by atoms with Crippen molar-refractivity contribution in [2.75, 3.05) is 5.32 Å². The molecule has 1 aromatic heterocycles. The molecule has 6 nitrogen and oxygen atoms in total. The van der Waals surface area contributed by atoms with Gasteiger partial charge >= 0.3 is 12.1 Å². The number of aliphatic carboxylic acids is 1. The number of imidazole rings is 1. The maximum Gasteiger partial charge on any atom is 0.449 e. The summed E-state index contributed by atoms with van der Waals surface area (Å²) in [6.07, 6.45) is -4.91. The molecule has 2 N–H and O–H groups in total. The molecule has 3 rings (SSSR count). The zero-order valence-electron chi connectivity index (χ0n) is 14.6. The maximum atomic E-state index is 13.5. The third kappa shape index (κ3) is 3.88. The highest BCUT2D eigenvalue weighted by molar-refractivity contribution is 6.40. The lowest BCUT2D eigenvalue weighted by Gasteiger charge is -2.15. The number of nitrogens with zero attached hydrogens (tertiary/aromatic N) is 2. The first-order chi connectivity index (χ1) is 13.5. The van der Waals surface area contributed by atoms with Crippen molar-refractivity contribution in [1.82, 2.24) is 9.55 Å². The molecule has 0 aliphatic rings. The molecule has 0 aliphatic carbocycles. The molecule has 0 aliphatic heterocycles. The van der Waals surface area contributed by atoms with Crippen molar-refractivity contribution < 1.29 is 27.9 Å². The van der Waals surface area contributed by atoms with Crippen LogP contribution in [-0.2, 0) is 11.0 Å². The van der Waals surface area contributed by atoms with Gasteiger partial charge in [-0.05, 0) is 31.2 Å². The third-order valence-corrected chi connectivity index (χ3v) is 4.79. The zero-order chi connectivity index (χ0) is 21.5. The third-order valence-electron chi connectivity index (χ3n) is 4.16. The number of nitrogens with one attached hydrogen (secondary N) is 1. The van der Waals surface area contributed by atoms with Crippen LogP contribution in [0, 0.1) is 0 Å². The molecule has 1 unspecified atom stereocenters. The average Bonchev–Trinajstić information content (AvgIpc) is 3.01. The number of alkyl halides is 3. The van der Waals surface area contributed by atoms with Gasteiger partial charge in [0.25, 0.3) is 5.91 Å². The molecule has 0 radical (unpaired) electrons. The quantitative estimate of drug-likeness (QED) is 0.573. The van der Waals surface area contributed by atoms with Crippen LogP contribution in [-0.4, -0.2) is 26.5 Å². The molecule has 29 heavy (non-hydrogen) atoms. The number of aromatic nitrogens is 2. The highest BCUT2D eigenvalue weighted by atomic mass is 35.5. The van der Waals surface area contributed by atoms with Gasteiger partial charge in [0.1, 0.15) is 11.6 Å². The molecule has 0 saturated heterocycles. The second kappa shape index (κ2) is 7.57. The first-order valence-corrected chi connectivity index (χ1v) is 8.84. The van der Waals surface area contributed by atoms with Crippen molar-refractivity contribution in [3.8, 4) is 0 Å². The molecule has 2 aromatic carbocycles. The molecule has 0 fully saturated rings. The van der Waals surface area contributed by atoms with E-state index < -0.39 is 29.9 Å². The summed E-state index contributed by atoms with van der Waals surface area (Å²) in [5.41, 5.74) is -0.424. The number of carboxylic acids is 1. The fourth-order valence-electron chi connectivity index (χ4n) is 2.82. The highest BCUT2D eigenvalue weighted by Crippen LogP contribution is 2.36. The van der Waals surface area contributed by atoms with Crippen LogP contribution in [0.4, 0.5) is 18.9 Å². The van der Waals surface area contributed by atoms with Gasteiger partial charge in [0.05, 0.1) is 26.8 Å². The second-order valence-electron chi connectivity index (χ2n) is 6.04. The first kappa shape index (κ1) is 20.9. The van der Waals surface area contributed by atoms with E-state index in [1.807, 2.05) is 0 Å². The minimum atomic E-state index is -4.91. The predicted molar refractivity (Wildman–Crippen MR) is 101 cm³/mol. The lowest BCUT2D eigenvalue weighted by Crippen LogP contribution is -2.22. The van der Waals surface area contributed by atoms with Crippen LogP contribution < -0.4 is 5.32 Å². The van der Waals surface area contributed by atoms with Gasteiger partial charge in [0.15, 0.2) is 0 Å². The predicted octanol–water partition coefficient (Wildman–Crippen LogP) is 5.26. The summed E-state index contributed by atoms with van der Waals surface area (Å²) < 4.78 is 41.0. The van der Waals surface area contributed by atoms with Gasteiger partial charge in [-0.1, -0.05) is 35.3 Å². The number of carbonyl (C=O) groups excluding carboxylic acids is 1. The number of benzene rings is 2. The Morgan fingerprint density at radius 1 is 1.14 bits per heavy atom. The smallest absolute Gasteiger partial charge is 0.449 e. The van der Waals surface area contributed by atoms with Crippen LogP contribution in [0.15, 0.2) is 36.4 Å². The van der Waals surface area contributed by atoms with E-state index in [0.717, 1.165) is 6.92 Å². The SMILES string of the molecule is CC(C(=O)O)n1c(C(F)(F)F)nc2c(NC(=O)c3c(Cl)cccc3Cl)cccc21. The Morgan fingerprint density at radius 3 is 2.28 bits per heavy atom. The first-order valence-electron chi connectivity index (χ1n) is 8.08. The second-order valence-corrected chi connectivity index (χ2v) is 6.86. The van der Waals surface area contributed by atoms with E-state index in [1.165, 1.54) is 36.4 Å². The summed E-state index contributed by atoms with van der Waals surface area (Å²) in [6.45, 7) is 1.10. The molecule has 3 aromatic rings. The Kier molecular flexibility index (Phi) is 5.46. The number of carbonyl (C=O) groups is 2. The Labute approximate surface area is 171 Å². The van der Waals surface area contributed by atoms with E-state index in [-0.39, 0.29) is 32.3 Å². The number of halogens is 5. The van der Waals surface area contributed by atoms with Gasteiger partial charge in [-0.3, -0.25) is 4.79 Å². The summed E-state index contributed by atoms with van der Waals surface area (Å²) in [7, 11) is 0. The number of carboxylic acid groups (broad SMARTS) is 1. The van der Waals surface area contributed by atoms with Crippen LogP contribution in [0.3, 0.4) is 0 Å². The van der Waals surface area contributed by atoms with E-state index >= 15 is 0 Å². The largest absolute Gasteiger partial charge is 0.480 e. The summed E-state index contributed by atoms with van der Waals surface area (Å²) in [6, 6.07) is 6.87. The maximum absolute atomic E-state index is 13.5. The highest BCUT2D eigenvalue weighted by Gasteiger charge is 2.40. The number of fused-ring (bicyclic) bond motifs is 1.